The summed E-state index contributed by atoms with van der Waals surface area (Å²) in [4.78, 5) is 18.0. The van der Waals surface area contributed by atoms with Gasteiger partial charge in [0.05, 0.1) is 47.5 Å². The first-order chi connectivity index (χ1) is 15.8. The van der Waals surface area contributed by atoms with Crippen molar-refractivity contribution in [1.82, 2.24) is 15.0 Å². The zero-order valence-corrected chi connectivity index (χ0v) is 18.1. The van der Waals surface area contributed by atoms with Crippen molar-refractivity contribution >= 4 is 17.1 Å². The van der Waals surface area contributed by atoms with Crippen molar-refractivity contribution < 1.29 is 4.74 Å². The molecule has 3 aromatic heterocycles. The molecule has 0 N–H and O–H groups in total. The van der Waals surface area contributed by atoms with Crippen molar-refractivity contribution in [3.05, 3.63) is 85.5 Å². The van der Waals surface area contributed by atoms with Gasteiger partial charge in [-0.1, -0.05) is 31.5 Å². The fourth-order valence-electron chi connectivity index (χ4n) is 3.92. The monoisotopic (exact) mass is 423 g/mol. The van der Waals surface area contributed by atoms with E-state index < -0.39 is 0 Å². The third-order valence-electron chi connectivity index (χ3n) is 5.51. The molecule has 0 amide bonds. The summed E-state index contributed by atoms with van der Waals surface area (Å²) in [7, 11) is 0. The van der Waals surface area contributed by atoms with Gasteiger partial charge in [-0.2, -0.15) is 0 Å². The number of rotatable bonds is 7. The quantitative estimate of drug-likeness (QED) is 0.361. The summed E-state index contributed by atoms with van der Waals surface area (Å²) in [5, 5.41) is 0. The second-order valence-electron chi connectivity index (χ2n) is 7.75. The average Bonchev–Trinajstić information content (AvgIpc) is 3.22. The summed E-state index contributed by atoms with van der Waals surface area (Å²) in [5.74, 6) is 1.39. The standard InChI is InChI=1S/C26H25N5O/c1-2-3-14-30-19-31(26-10-5-4-9-25(26)30)20-15-22(18-27-17-20)32-21-11-13-29-24(16-21)23-8-6-7-12-28-23/h4-13,15-18H,2-3,14,19H2,1H3. The molecule has 0 aliphatic carbocycles. The first-order valence-corrected chi connectivity index (χ1v) is 10.9. The van der Waals surface area contributed by atoms with E-state index in [1.54, 1.807) is 18.6 Å². The zero-order valence-electron chi connectivity index (χ0n) is 18.1. The molecule has 0 saturated heterocycles. The Hall–Kier alpha value is -3.93. The highest BCUT2D eigenvalue weighted by Crippen LogP contribution is 2.41. The summed E-state index contributed by atoms with van der Waals surface area (Å²) in [5.41, 5.74) is 5.05. The van der Waals surface area contributed by atoms with E-state index >= 15 is 0 Å². The van der Waals surface area contributed by atoms with Gasteiger partial charge in [0.25, 0.3) is 0 Å². The Kier molecular flexibility index (Phi) is 5.66. The van der Waals surface area contributed by atoms with E-state index in [1.807, 2.05) is 42.6 Å². The van der Waals surface area contributed by atoms with E-state index in [1.165, 1.54) is 24.2 Å². The van der Waals surface area contributed by atoms with Gasteiger partial charge in [0.15, 0.2) is 0 Å². The molecule has 0 spiro atoms. The fraction of sp³-hybridized carbons (Fsp3) is 0.192. The van der Waals surface area contributed by atoms with Crippen molar-refractivity contribution in [2.45, 2.75) is 19.8 Å². The number of para-hydroxylation sites is 2. The van der Waals surface area contributed by atoms with Gasteiger partial charge in [0.1, 0.15) is 11.5 Å². The van der Waals surface area contributed by atoms with Crippen molar-refractivity contribution in [3.8, 4) is 22.9 Å². The largest absolute Gasteiger partial charge is 0.456 e. The predicted molar refractivity (Wildman–Crippen MR) is 127 cm³/mol. The Morgan fingerprint density at radius 2 is 1.69 bits per heavy atom. The Morgan fingerprint density at radius 1 is 0.844 bits per heavy atom. The van der Waals surface area contributed by atoms with Gasteiger partial charge < -0.3 is 14.5 Å². The Morgan fingerprint density at radius 3 is 2.53 bits per heavy atom. The molecule has 6 nitrogen and oxygen atoms in total. The lowest BCUT2D eigenvalue weighted by Gasteiger charge is -2.22. The van der Waals surface area contributed by atoms with E-state index in [4.69, 9.17) is 4.74 Å². The minimum atomic E-state index is 0.685. The zero-order chi connectivity index (χ0) is 21.8. The van der Waals surface area contributed by atoms with Crippen molar-refractivity contribution in [3.63, 3.8) is 0 Å². The SMILES string of the molecule is CCCCN1CN(c2cncc(Oc3ccnc(-c4ccccn4)c3)c2)c2ccccc21. The number of pyridine rings is 3. The molecule has 4 aromatic rings. The molecular weight excluding hydrogens is 398 g/mol. The van der Waals surface area contributed by atoms with Gasteiger partial charge in [-0.25, -0.2) is 0 Å². The van der Waals surface area contributed by atoms with E-state index in [0.717, 1.165) is 30.3 Å². The summed E-state index contributed by atoms with van der Waals surface area (Å²) >= 11 is 0. The molecule has 1 aliphatic rings. The predicted octanol–water partition coefficient (Wildman–Crippen LogP) is 6.05. The lowest BCUT2D eigenvalue weighted by atomic mass is 10.2. The van der Waals surface area contributed by atoms with Crippen LogP contribution in [0.1, 0.15) is 19.8 Å². The summed E-state index contributed by atoms with van der Waals surface area (Å²) < 4.78 is 6.15. The van der Waals surface area contributed by atoms with Crippen LogP contribution in [-0.2, 0) is 0 Å². The molecule has 0 bridgehead atoms. The number of anilines is 3. The normalized spacial score (nSPS) is 12.7. The maximum absolute atomic E-state index is 6.15. The fourth-order valence-corrected chi connectivity index (χ4v) is 3.92. The molecular formula is C26H25N5O. The van der Waals surface area contributed by atoms with Gasteiger partial charge in [0.2, 0.25) is 0 Å². The van der Waals surface area contributed by atoms with Gasteiger partial charge in [-0.15, -0.1) is 0 Å². The molecule has 1 aliphatic heterocycles. The number of fused-ring (bicyclic) bond motifs is 1. The lowest BCUT2D eigenvalue weighted by Crippen LogP contribution is -2.28. The van der Waals surface area contributed by atoms with Gasteiger partial charge in [-0.05, 0) is 36.8 Å². The molecule has 32 heavy (non-hydrogen) atoms. The molecule has 0 radical (unpaired) electrons. The van der Waals surface area contributed by atoms with Crippen molar-refractivity contribution in [2.75, 3.05) is 23.0 Å². The average molecular weight is 424 g/mol. The molecule has 0 unspecified atom stereocenters. The molecule has 160 valence electrons. The Bertz CT molecular complexity index is 1200. The van der Waals surface area contributed by atoms with Crippen LogP contribution in [0, 0.1) is 0 Å². The Labute approximate surface area is 188 Å². The van der Waals surface area contributed by atoms with Crippen molar-refractivity contribution in [1.29, 1.82) is 0 Å². The van der Waals surface area contributed by atoms with Crippen LogP contribution in [-0.4, -0.2) is 28.2 Å². The number of ether oxygens (including phenoxy) is 1. The smallest absolute Gasteiger partial charge is 0.147 e. The summed E-state index contributed by atoms with van der Waals surface area (Å²) in [6, 6.07) is 20.1. The molecule has 4 heterocycles. The maximum Gasteiger partial charge on any atom is 0.147 e. The topological polar surface area (TPSA) is 54.4 Å². The Balaban J connectivity index is 1.39. The second-order valence-corrected chi connectivity index (χ2v) is 7.75. The van der Waals surface area contributed by atoms with Gasteiger partial charge >= 0.3 is 0 Å². The molecule has 6 heteroatoms. The van der Waals surface area contributed by atoms with Crippen LogP contribution < -0.4 is 14.5 Å². The van der Waals surface area contributed by atoms with Crippen LogP contribution in [0.4, 0.5) is 17.1 Å². The van der Waals surface area contributed by atoms with Crippen LogP contribution >= 0.6 is 0 Å². The van der Waals surface area contributed by atoms with Crippen LogP contribution in [0.2, 0.25) is 0 Å². The number of hydrogen-bond donors (Lipinski definition) is 0. The summed E-state index contributed by atoms with van der Waals surface area (Å²) in [6.07, 6.45) is 9.47. The number of benzene rings is 1. The van der Waals surface area contributed by atoms with Crippen LogP contribution in [0.15, 0.2) is 85.5 Å². The van der Waals surface area contributed by atoms with Crippen LogP contribution in [0.25, 0.3) is 11.4 Å². The van der Waals surface area contributed by atoms with E-state index in [2.05, 4.69) is 55.9 Å². The highest BCUT2D eigenvalue weighted by Gasteiger charge is 2.26. The molecule has 0 saturated carbocycles. The highest BCUT2D eigenvalue weighted by molar-refractivity contribution is 5.82. The molecule has 1 aromatic carbocycles. The minimum Gasteiger partial charge on any atom is -0.456 e. The maximum atomic E-state index is 6.15. The van der Waals surface area contributed by atoms with Crippen molar-refractivity contribution in [2.24, 2.45) is 0 Å². The van der Waals surface area contributed by atoms with E-state index in [-0.39, 0.29) is 0 Å². The third kappa shape index (κ3) is 4.12. The molecule has 0 fully saturated rings. The number of unbranched alkanes of at least 4 members (excludes halogenated alkanes) is 1. The van der Waals surface area contributed by atoms with E-state index in [9.17, 15) is 0 Å². The summed E-state index contributed by atoms with van der Waals surface area (Å²) in [6.45, 7) is 4.08. The van der Waals surface area contributed by atoms with Gasteiger partial charge in [-0.3, -0.25) is 15.0 Å². The molecule has 5 rings (SSSR count). The highest BCUT2D eigenvalue weighted by atomic mass is 16.5. The van der Waals surface area contributed by atoms with Crippen LogP contribution in [0.5, 0.6) is 11.5 Å². The second kappa shape index (κ2) is 9.06. The number of nitrogens with zero attached hydrogens (tertiary/aromatic N) is 5. The van der Waals surface area contributed by atoms with E-state index in [0.29, 0.717) is 11.5 Å². The first-order valence-electron chi connectivity index (χ1n) is 10.9. The lowest BCUT2D eigenvalue weighted by molar-refractivity contribution is 0.480. The minimum absolute atomic E-state index is 0.685. The first kappa shape index (κ1) is 20.0. The number of hydrogen-bond acceptors (Lipinski definition) is 6. The van der Waals surface area contributed by atoms with Gasteiger partial charge in [0, 0.05) is 31.1 Å². The third-order valence-corrected chi connectivity index (χ3v) is 5.51. The van der Waals surface area contributed by atoms with Crippen LogP contribution in [0.3, 0.4) is 0 Å². The number of aromatic nitrogens is 3. The molecule has 0 atom stereocenters.